The number of rotatable bonds is 4. The highest BCUT2D eigenvalue weighted by molar-refractivity contribution is 7.92. The van der Waals surface area contributed by atoms with Gasteiger partial charge in [0.2, 0.25) is 0 Å². The standard InChI is InChI=1S/C15H12FN3O4S/c16-10-4-6-12(7-5-10)24(22,23)19-11-3-1-2-9(8-11)13-14(20)18-15(21)17-13/h1-8,13,19H,(H2,17,18,20,21). The van der Waals surface area contributed by atoms with Gasteiger partial charge in [0, 0.05) is 5.69 Å². The fourth-order valence-electron chi connectivity index (χ4n) is 2.26. The number of imide groups is 1. The van der Waals surface area contributed by atoms with Crippen LogP contribution in [0.15, 0.2) is 53.4 Å². The zero-order valence-corrected chi connectivity index (χ0v) is 12.9. The van der Waals surface area contributed by atoms with Crippen LogP contribution in [-0.2, 0) is 14.8 Å². The molecule has 0 radical (unpaired) electrons. The number of carbonyl (C=O) groups excluding carboxylic acids is 2. The van der Waals surface area contributed by atoms with Crippen molar-refractivity contribution in [1.82, 2.24) is 10.6 Å². The SMILES string of the molecule is O=C1NC(=O)C(c2cccc(NS(=O)(=O)c3ccc(F)cc3)c2)N1. The molecule has 124 valence electrons. The fourth-order valence-corrected chi connectivity index (χ4v) is 3.31. The first-order valence-electron chi connectivity index (χ1n) is 6.85. The van der Waals surface area contributed by atoms with Crippen LogP contribution in [0.5, 0.6) is 0 Å². The predicted molar refractivity (Wildman–Crippen MR) is 83.1 cm³/mol. The zero-order chi connectivity index (χ0) is 17.3. The quantitative estimate of drug-likeness (QED) is 0.728. The number of halogens is 1. The molecule has 24 heavy (non-hydrogen) atoms. The van der Waals surface area contributed by atoms with E-state index in [4.69, 9.17) is 0 Å². The van der Waals surface area contributed by atoms with Gasteiger partial charge in [0.1, 0.15) is 11.9 Å². The van der Waals surface area contributed by atoms with Crippen LogP contribution >= 0.6 is 0 Å². The van der Waals surface area contributed by atoms with E-state index in [1.165, 1.54) is 12.1 Å². The lowest BCUT2D eigenvalue weighted by atomic mass is 10.1. The molecule has 3 amide bonds. The number of hydrogen-bond acceptors (Lipinski definition) is 4. The Hall–Kier alpha value is -2.94. The van der Waals surface area contributed by atoms with Crippen molar-refractivity contribution in [3.8, 4) is 0 Å². The first kappa shape index (κ1) is 15.9. The lowest BCUT2D eigenvalue weighted by Crippen LogP contribution is -2.22. The van der Waals surface area contributed by atoms with Gasteiger partial charge in [-0.25, -0.2) is 17.6 Å². The first-order valence-corrected chi connectivity index (χ1v) is 8.33. The number of carbonyl (C=O) groups is 2. The Morgan fingerprint density at radius 1 is 1.04 bits per heavy atom. The van der Waals surface area contributed by atoms with Crippen LogP contribution in [0.2, 0.25) is 0 Å². The van der Waals surface area contributed by atoms with Gasteiger partial charge >= 0.3 is 6.03 Å². The summed E-state index contributed by atoms with van der Waals surface area (Å²) < 4.78 is 39.8. The minimum absolute atomic E-state index is 0.0961. The Labute approximate surface area is 136 Å². The molecule has 2 aromatic carbocycles. The van der Waals surface area contributed by atoms with Crippen molar-refractivity contribution >= 4 is 27.6 Å². The fraction of sp³-hybridized carbons (Fsp3) is 0.0667. The lowest BCUT2D eigenvalue weighted by Gasteiger charge is -2.12. The molecular weight excluding hydrogens is 337 g/mol. The van der Waals surface area contributed by atoms with Crippen molar-refractivity contribution in [2.45, 2.75) is 10.9 Å². The molecule has 9 heteroatoms. The van der Waals surface area contributed by atoms with Crippen LogP contribution in [0.1, 0.15) is 11.6 Å². The molecule has 7 nitrogen and oxygen atoms in total. The summed E-state index contributed by atoms with van der Waals surface area (Å²) in [5.74, 6) is -1.06. The van der Waals surface area contributed by atoms with E-state index >= 15 is 0 Å². The Kier molecular flexibility index (Phi) is 3.94. The minimum Gasteiger partial charge on any atom is -0.322 e. The summed E-state index contributed by atoms with van der Waals surface area (Å²) in [6.45, 7) is 0. The number of nitrogens with one attached hydrogen (secondary N) is 3. The maximum atomic E-state index is 12.9. The van der Waals surface area contributed by atoms with Crippen molar-refractivity contribution in [2.75, 3.05) is 4.72 Å². The van der Waals surface area contributed by atoms with Gasteiger partial charge in [-0.2, -0.15) is 0 Å². The Balaban J connectivity index is 1.85. The van der Waals surface area contributed by atoms with E-state index in [9.17, 15) is 22.4 Å². The molecule has 1 heterocycles. The molecule has 0 bridgehead atoms. The van der Waals surface area contributed by atoms with Gasteiger partial charge in [-0.3, -0.25) is 14.8 Å². The van der Waals surface area contributed by atoms with Crippen molar-refractivity contribution in [1.29, 1.82) is 0 Å². The van der Waals surface area contributed by atoms with Crippen molar-refractivity contribution in [3.63, 3.8) is 0 Å². The third kappa shape index (κ3) is 3.20. The molecule has 3 rings (SSSR count). The molecule has 1 atom stereocenters. The largest absolute Gasteiger partial charge is 0.322 e. The molecule has 0 aromatic heterocycles. The number of hydrogen-bond donors (Lipinski definition) is 3. The maximum absolute atomic E-state index is 12.9. The van der Waals surface area contributed by atoms with Crippen LogP contribution < -0.4 is 15.4 Å². The van der Waals surface area contributed by atoms with E-state index in [0.717, 1.165) is 24.3 Å². The summed E-state index contributed by atoms with van der Waals surface area (Å²) in [4.78, 5) is 22.7. The van der Waals surface area contributed by atoms with Crippen LogP contribution in [-0.4, -0.2) is 20.4 Å². The molecule has 1 fully saturated rings. The number of urea groups is 1. The molecule has 1 unspecified atom stereocenters. The van der Waals surface area contributed by atoms with Crippen molar-refractivity contribution in [3.05, 3.63) is 59.9 Å². The van der Waals surface area contributed by atoms with E-state index in [2.05, 4.69) is 15.4 Å². The summed E-state index contributed by atoms with van der Waals surface area (Å²) >= 11 is 0. The van der Waals surface area contributed by atoms with Crippen LogP contribution in [0.4, 0.5) is 14.9 Å². The highest BCUT2D eigenvalue weighted by Gasteiger charge is 2.31. The normalized spacial score (nSPS) is 17.3. The number of amides is 3. The van der Waals surface area contributed by atoms with Gasteiger partial charge < -0.3 is 5.32 Å². The molecular formula is C15H12FN3O4S. The van der Waals surface area contributed by atoms with Gasteiger partial charge in [0.15, 0.2) is 0 Å². The molecule has 0 spiro atoms. The molecule has 0 saturated carbocycles. The molecule has 0 aliphatic carbocycles. The summed E-state index contributed by atoms with van der Waals surface area (Å²) in [5, 5.41) is 4.53. The number of sulfonamides is 1. The molecule has 1 aliphatic heterocycles. The Bertz CT molecular complexity index is 913. The van der Waals surface area contributed by atoms with E-state index in [-0.39, 0.29) is 10.6 Å². The van der Waals surface area contributed by atoms with Crippen molar-refractivity contribution < 1.29 is 22.4 Å². The highest BCUT2D eigenvalue weighted by atomic mass is 32.2. The monoisotopic (exact) mass is 349 g/mol. The Morgan fingerprint density at radius 3 is 2.38 bits per heavy atom. The summed E-state index contributed by atoms with van der Waals surface area (Å²) in [6.07, 6.45) is 0. The smallest absolute Gasteiger partial charge is 0.322 e. The van der Waals surface area contributed by atoms with Gasteiger partial charge in [-0.05, 0) is 42.0 Å². The van der Waals surface area contributed by atoms with Gasteiger partial charge in [-0.15, -0.1) is 0 Å². The zero-order valence-electron chi connectivity index (χ0n) is 12.1. The van der Waals surface area contributed by atoms with Gasteiger partial charge in [-0.1, -0.05) is 12.1 Å². The average Bonchev–Trinajstić information content (AvgIpc) is 2.86. The van der Waals surface area contributed by atoms with Crippen molar-refractivity contribution in [2.24, 2.45) is 0 Å². The second-order valence-electron chi connectivity index (χ2n) is 5.08. The third-order valence-corrected chi connectivity index (χ3v) is 4.77. The summed E-state index contributed by atoms with van der Waals surface area (Å²) in [5.41, 5.74) is 0.642. The van der Waals surface area contributed by atoms with Crippen LogP contribution in [0.25, 0.3) is 0 Å². The number of benzene rings is 2. The minimum atomic E-state index is -3.90. The van der Waals surface area contributed by atoms with Gasteiger partial charge in [0.05, 0.1) is 4.90 Å². The second-order valence-corrected chi connectivity index (χ2v) is 6.76. The Morgan fingerprint density at radius 2 is 1.75 bits per heavy atom. The van der Waals surface area contributed by atoms with E-state index in [1.54, 1.807) is 12.1 Å². The average molecular weight is 349 g/mol. The van der Waals surface area contributed by atoms with Crippen LogP contribution in [0.3, 0.4) is 0 Å². The van der Waals surface area contributed by atoms with E-state index in [1.807, 2.05) is 0 Å². The van der Waals surface area contributed by atoms with E-state index < -0.39 is 33.8 Å². The highest BCUT2D eigenvalue weighted by Crippen LogP contribution is 2.22. The molecule has 2 aromatic rings. The molecule has 1 saturated heterocycles. The van der Waals surface area contributed by atoms with Crippen LogP contribution in [0, 0.1) is 5.82 Å². The summed E-state index contributed by atoms with van der Waals surface area (Å²) in [7, 11) is -3.90. The third-order valence-electron chi connectivity index (χ3n) is 3.37. The first-order chi connectivity index (χ1) is 11.3. The van der Waals surface area contributed by atoms with E-state index in [0.29, 0.717) is 5.56 Å². The maximum Gasteiger partial charge on any atom is 0.322 e. The molecule has 1 aliphatic rings. The second kappa shape index (κ2) is 5.93. The lowest BCUT2D eigenvalue weighted by molar-refractivity contribution is -0.120. The van der Waals surface area contributed by atoms with Gasteiger partial charge in [0.25, 0.3) is 15.9 Å². The predicted octanol–water partition coefficient (Wildman–Crippen LogP) is 1.51. The topological polar surface area (TPSA) is 104 Å². The number of anilines is 1. The summed E-state index contributed by atoms with van der Waals surface area (Å²) in [6, 6.07) is 8.97. The molecule has 3 N–H and O–H groups in total.